The van der Waals surface area contributed by atoms with E-state index in [2.05, 4.69) is 10.3 Å². The Hall–Kier alpha value is -3.52. The van der Waals surface area contributed by atoms with Crippen LogP contribution in [0.2, 0.25) is 0 Å². The Morgan fingerprint density at radius 1 is 1.00 bits per heavy atom. The number of carbonyl (C=O) groups excluding carboxylic acids is 3. The number of aromatic nitrogens is 1. The average Bonchev–Trinajstić information content (AvgIpc) is 3.10. The van der Waals surface area contributed by atoms with Gasteiger partial charge in [0.1, 0.15) is 5.82 Å². The first-order valence-electron chi connectivity index (χ1n) is 10.1. The number of fused-ring (bicyclic) bond motifs is 1. The minimum absolute atomic E-state index is 0.162. The van der Waals surface area contributed by atoms with E-state index in [0.29, 0.717) is 43.1 Å². The monoisotopic (exact) mass is 422 g/mol. The van der Waals surface area contributed by atoms with Crippen LogP contribution in [0.3, 0.4) is 0 Å². The highest BCUT2D eigenvalue weighted by molar-refractivity contribution is 6.45. The number of Topliss-reactive ketones (excluding diaryl/α,β-unsaturated/α-hetero) is 1. The van der Waals surface area contributed by atoms with Crippen LogP contribution in [0.25, 0.3) is 10.9 Å². The Morgan fingerprint density at radius 3 is 2.39 bits per heavy atom. The molecule has 1 aromatic heterocycles. The van der Waals surface area contributed by atoms with Gasteiger partial charge in [-0.2, -0.15) is 0 Å². The standard InChI is InChI=1S/C23H23FN4O3/c1-15-21(18-4-2-3-5-19(18)25-15)22(30)23(31)28-12-10-27(11-13-28)14-20(29)26-17-8-6-16(24)7-9-17/h2-9,25H,10-14H2,1H3,(H,26,29). The number of anilines is 1. The van der Waals surface area contributed by atoms with E-state index >= 15 is 0 Å². The molecule has 1 saturated heterocycles. The first-order valence-corrected chi connectivity index (χ1v) is 10.1. The fourth-order valence-corrected chi connectivity index (χ4v) is 3.87. The second-order valence-electron chi connectivity index (χ2n) is 7.62. The summed E-state index contributed by atoms with van der Waals surface area (Å²) in [5.41, 5.74) is 2.45. The molecule has 4 rings (SSSR count). The van der Waals surface area contributed by atoms with Gasteiger partial charge < -0.3 is 15.2 Å². The molecule has 7 nitrogen and oxygen atoms in total. The first kappa shape index (κ1) is 20.7. The van der Waals surface area contributed by atoms with Gasteiger partial charge in [0, 0.05) is 48.5 Å². The van der Waals surface area contributed by atoms with Crippen molar-refractivity contribution < 1.29 is 18.8 Å². The molecule has 1 fully saturated rings. The zero-order chi connectivity index (χ0) is 22.0. The third kappa shape index (κ3) is 4.49. The number of nitrogens with one attached hydrogen (secondary N) is 2. The Morgan fingerprint density at radius 2 is 1.68 bits per heavy atom. The maximum absolute atomic E-state index is 13.0. The van der Waals surface area contributed by atoms with Gasteiger partial charge in [-0.15, -0.1) is 0 Å². The molecule has 3 aromatic rings. The maximum atomic E-state index is 13.0. The summed E-state index contributed by atoms with van der Waals surface area (Å²) in [4.78, 5) is 44.6. The van der Waals surface area contributed by atoms with E-state index in [4.69, 9.17) is 0 Å². The van der Waals surface area contributed by atoms with Crippen molar-refractivity contribution in [3.05, 3.63) is 65.6 Å². The SMILES string of the molecule is Cc1[nH]c2ccccc2c1C(=O)C(=O)N1CCN(CC(=O)Nc2ccc(F)cc2)CC1. The summed E-state index contributed by atoms with van der Waals surface area (Å²) in [6.45, 7) is 3.67. The molecule has 0 spiro atoms. The molecular formula is C23H23FN4O3. The lowest BCUT2D eigenvalue weighted by Gasteiger charge is -2.33. The van der Waals surface area contributed by atoms with E-state index in [1.807, 2.05) is 29.2 Å². The third-order valence-electron chi connectivity index (χ3n) is 5.47. The highest BCUT2D eigenvalue weighted by Gasteiger charge is 2.30. The molecule has 2 amide bonds. The molecule has 2 heterocycles. The highest BCUT2D eigenvalue weighted by atomic mass is 19.1. The van der Waals surface area contributed by atoms with Crippen molar-refractivity contribution in [2.75, 3.05) is 38.0 Å². The van der Waals surface area contributed by atoms with Crippen LogP contribution in [0.15, 0.2) is 48.5 Å². The predicted molar refractivity (Wildman–Crippen MR) is 115 cm³/mol. The molecular weight excluding hydrogens is 399 g/mol. The van der Waals surface area contributed by atoms with Gasteiger partial charge >= 0.3 is 0 Å². The number of rotatable bonds is 5. The summed E-state index contributed by atoms with van der Waals surface area (Å²) in [5.74, 6) is -1.62. The minimum atomic E-state index is -0.525. The predicted octanol–water partition coefficient (Wildman–Crippen LogP) is 2.58. The molecule has 1 aliphatic heterocycles. The van der Waals surface area contributed by atoms with Gasteiger partial charge in [-0.1, -0.05) is 18.2 Å². The summed E-state index contributed by atoms with van der Waals surface area (Å²) in [6, 6.07) is 13.0. The van der Waals surface area contributed by atoms with Crippen molar-refractivity contribution in [2.24, 2.45) is 0 Å². The zero-order valence-corrected chi connectivity index (χ0v) is 17.2. The van der Waals surface area contributed by atoms with E-state index in [-0.39, 0.29) is 18.3 Å². The summed E-state index contributed by atoms with van der Waals surface area (Å²) < 4.78 is 13.0. The number of aromatic amines is 1. The Bertz CT molecular complexity index is 1130. The number of amides is 2. The van der Waals surface area contributed by atoms with E-state index in [9.17, 15) is 18.8 Å². The van der Waals surface area contributed by atoms with Crippen LogP contribution in [-0.2, 0) is 9.59 Å². The van der Waals surface area contributed by atoms with Gasteiger partial charge in [0.15, 0.2) is 0 Å². The highest BCUT2D eigenvalue weighted by Crippen LogP contribution is 2.23. The molecule has 0 aliphatic carbocycles. The Kier molecular flexibility index (Phi) is 5.81. The smallest absolute Gasteiger partial charge is 0.295 e. The van der Waals surface area contributed by atoms with Gasteiger partial charge in [-0.25, -0.2) is 4.39 Å². The summed E-state index contributed by atoms with van der Waals surface area (Å²) in [5, 5.41) is 3.47. The fourth-order valence-electron chi connectivity index (χ4n) is 3.87. The van der Waals surface area contributed by atoms with Gasteiger partial charge in [0.2, 0.25) is 5.91 Å². The molecule has 0 radical (unpaired) electrons. The first-order chi connectivity index (χ1) is 14.9. The number of piperazine rings is 1. The van der Waals surface area contributed by atoms with Gasteiger partial charge in [0.05, 0.1) is 12.1 Å². The molecule has 1 aliphatic rings. The largest absolute Gasteiger partial charge is 0.358 e. The molecule has 0 saturated carbocycles. The van der Waals surface area contributed by atoms with Crippen molar-refractivity contribution in [3.63, 3.8) is 0 Å². The number of para-hydroxylation sites is 1. The van der Waals surface area contributed by atoms with Crippen molar-refractivity contribution in [1.82, 2.24) is 14.8 Å². The second-order valence-corrected chi connectivity index (χ2v) is 7.62. The lowest BCUT2D eigenvalue weighted by molar-refractivity contribution is -0.128. The molecule has 8 heteroatoms. The van der Waals surface area contributed by atoms with E-state index < -0.39 is 11.7 Å². The lowest BCUT2D eigenvalue weighted by Crippen LogP contribution is -2.52. The molecule has 2 aromatic carbocycles. The Balaban J connectivity index is 1.33. The number of benzene rings is 2. The van der Waals surface area contributed by atoms with Gasteiger partial charge in [-0.05, 0) is 37.3 Å². The van der Waals surface area contributed by atoms with Crippen LogP contribution in [0.5, 0.6) is 0 Å². The number of ketones is 1. The van der Waals surface area contributed by atoms with Crippen LogP contribution in [0.1, 0.15) is 16.1 Å². The Labute approximate surface area is 178 Å². The number of hydrogen-bond acceptors (Lipinski definition) is 4. The number of halogens is 1. The maximum Gasteiger partial charge on any atom is 0.295 e. The third-order valence-corrected chi connectivity index (χ3v) is 5.47. The fraction of sp³-hybridized carbons (Fsp3) is 0.261. The number of H-pyrrole nitrogens is 1. The van der Waals surface area contributed by atoms with Crippen LogP contribution in [0, 0.1) is 12.7 Å². The van der Waals surface area contributed by atoms with Crippen LogP contribution < -0.4 is 5.32 Å². The van der Waals surface area contributed by atoms with Crippen LogP contribution >= 0.6 is 0 Å². The molecule has 0 unspecified atom stereocenters. The summed E-state index contributed by atoms with van der Waals surface area (Å²) in [6.07, 6.45) is 0. The molecule has 2 N–H and O–H groups in total. The second kappa shape index (κ2) is 8.69. The quantitative estimate of drug-likeness (QED) is 0.489. The zero-order valence-electron chi connectivity index (χ0n) is 17.2. The number of carbonyl (C=O) groups is 3. The summed E-state index contributed by atoms with van der Waals surface area (Å²) in [7, 11) is 0. The molecule has 31 heavy (non-hydrogen) atoms. The van der Waals surface area contributed by atoms with Crippen LogP contribution in [-0.4, -0.2) is 65.1 Å². The minimum Gasteiger partial charge on any atom is -0.358 e. The van der Waals surface area contributed by atoms with Crippen molar-refractivity contribution in [2.45, 2.75) is 6.92 Å². The van der Waals surface area contributed by atoms with Crippen molar-refractivity contribution >= 4 is 34.2 Å². The van der Waals surface area contributed by atoms with Crippen LogP contribution in [0.4, 0.5) is 10.1 Å². The number of aryl methyl sites for hydroxylation is 1. The lowest BCUT2D eigenvalue weighted by atomic mass is 10.1. The van der Waals surface area contributed by atoms with Crippen molar-refractivity contribution in [3.8, 4) is 0 Å². The number of nitrogens with zero attached hydrogens (tertiary/aromatic N) is 2. The topological polar surface area (TPSA) is 85.5 Å². The van der Waals surface area contributed by atoms with Gasteiger partial charge in [-0.3, -0.25) is 19.3 Å². The van der Waals surface area contributed by atoms with E-state index in [1.54, 1.807) is 6.92 Å². The summed E-state index contributed by atoms with van der Waals surface area (Å²) >= 11 is 0. The normalized spacial score (nSPS) is 14.6. The van der Waals surface area contributed by atoms with E-state index in [1.165, 1.54) is 29.2 Å². The van der Waals surface area contributed by atoms with Crippen molar-refractivity contribution in [1.29, 1.82) is 0 Å². The van der Waals surface area contributed by atoms with E-state index in [0.717, 1.165) is 10.9 Å². The molecule has 160 valence electrons. The molecule has 0 bridgehead atoms. The number of hydrogen-bond donors (Lipinski definition) is 2. The van der Waals surface area contributed by atoms with Gasteiger partial charge in [0.25, 0.3) is 11.7 Å². The molecule has 0 atom stereocenters. The average molecular weight is 422 g/mol.